The van der Waals surface area contributed by atoms with Gasteiger partial charge in [0.05, 0.1) is 24.2 Å². The van der Waals surface area contributed by atoms with E-state index < -0.39 is 40.3 Å². The lowest BCUT2D eigenvalue weighted by Crippen LogP contribution is -2.40. The van der Waals surface area contributed by atoms with Crippen molar-refractivity contribution >= 4 is 38.6 Å². The van der Waals surface area contributed by atoms with Gasteiger partial charge in [-0.15, -0.1) is 0 Å². The molecule has 0 bridgehead atoms. The molecule has 1 aromatic heterocycles. The van der Waals surface area contributed by atoms with Gasteiger partial charge < -0.3 is 18.9 Å². The Morgan fingerprint density at radius 3 is 2.62 bits per heavy atom. The molecule has 156 valence electrons. The summed E-state index contributed by atoms with van der Waals surface area (Å²) < 4.78 is 34.5. The lowest BCUT2D eigenvalue weighted by atomic mass is 10.2. The number of ether oxygens (including phenoxy) is 2. The van der Waals surface area contributed by atoms with Crippen LogP contribution in [-0.4, -0.2) is 74.0 Å². The Balaban J connectivity index is 1.63. The summed E-state index contributed by atoms with van der Waals surface area (Å²) in [5.74, 6) is -1.65. The highest BCUT2D eigenvalue weighted by molar-refractivity contribution is 7.91. The van der Waals surface area contributed by atoms with Crippen LogP contribution in [0.3, 0.4) is 0 Å². The number of aromatic nitrogens is 1. The standard InChI is InChI=1S/C19H22N2O7S/c1-20(13-7-8-29(25,26)12-13)17(22)11-28-18(23)10-21-9-15(19(24)27-2)14-5-3-4-6-16(14)21/h3-6,9,13H,7-8,10-12H2,1-2H3. The predicted octanol–water partition coefficient (Wildman–Crippen LogP) is 0.617. The summed E-state index contributed by atoms with van der Waals surface area (Å²) in [5.41, 5.74) is 0.985. The van der Waals surface area contributed by atoms with Crippen LogP contribution in [0.4, 0.5) is 0 Å². The molecule has 0 aliphatic carbocycles. The lowest BCUT2D eigenvalue weighted by Gasteiger charge is -2.23. The van der Waals surface area contributed by atoms with Crippen LogP contribution in [0.15, 0.2) is 30.5 Å². The number of hydrogen-bond acceptors (Lipinski definition) is 7. The fourth-order valence-corrected chi connectivity index (χ4v) is 5.14. The molecule has 3 rings (SSSR count). The second kappa shape index (κ2) is 8.24. The Kier molecular flexibility index (Phi) is 5.92. The first-order valence-electron chi connectivity index (χ1n) is 8.99. The first-order valence-corrected chi connectivity index (χ1v) is 10.8. The van der Waals surface area contributed by atoms with E-state index in [9.17, 15) is 22.8 Å². The molecule has 1 atom stereocenters. The molecule has 2 aromatic rings. The number of rotatable bonds is 6. The molecule has 29 heavy (non-hydrogen) atoms. The number of fused-ring (bicyclic) bond motifs is 1. The molecule has 1 aliphatic heterocycles. The molecule has 1 unspecified atom stereocenters. The van der Waals surface area contributed by atoms with Crippen LogP contribution in [-0.2, 0) is 35.4 Å². The van der Waals surface area contributed by atoms with Gasteiger partial charge in [0.2, 0.25) is 0 Å². The van der Waals surface area contributed by atoms with Gasteiger partial charge in [0.1, 0.15) is 6.54 Å². The molecular formula is C19H22N2O7S. The monoisotopic (exact) mass is 422 g/mol. The largest absolute Gasteiger partial charge is 0.465 e. The third kappa shape index (κ3) is 4.58. The van der Waals surface area contributed by atoms with E-state index in [-0.39, 0.29) is 18.1 Å². The highest BCUT2D eigenvalue weighted by Gasteiger charge is 2.33. The highest BCUT2D eigenvalue weighted by Crippen LogP contribution is 2.22. The van der Waals surface area contributed by atoms with Crippen LogP contribution in [0, 0.1) is 0 Å². The van der Waals surface area contributed by atoms with Gasteiger partial charge >= 0.3 is 11.9 Å². The van der Waals surface area contributed by atoms with E-state index in [1.807, 2.05) is 0 Å². The summed E-state index contributed by atoms with van der Waals surface area (Å²) in [6.07, 6.45) is 1.89. The molecule has 2 heterocycles. The second-order valence-corrected chi connectivity index (χ2v) is 9.13. The molecule has 0 N–H and O–H groups in total. The number of carbonyl (C=O) groups is 3. The third-order valence-electron chi connectivity index (χ3n) is 5.00. The number of likely N-dealkylation sites (N-methyl/N-ethyl adjacent to an activating group) is 1. The average molecular weight is 422 g/mol. The van der Waals surface area contributed by atoms with Gasteiger partial charge in [-0.3, -0.25) is 9.59 Å². The van der Waals surface area contributed by atoms with Crippen LogP contribution in [0.2, 0.25) is 0 Å². The van der Waals surface area contributed by atoms with Crippen molar-refractivity contribution in [3.63, 3.8) is 0 Å². The Bertz CT molecular complexity index is 1060. The van der Waals surface area contributed by atoms with Crippen molar-refractivity contribution in [1.82, 2.24) is 9.47 Å². The van der Waals surface area contributed by atoms with Crippen LogP contribution < -0.4 is 0 Å². The molecule has 1 amide bonds. The highest BCUT2D eigenvalue weighted by atomic mass is 32.2. The maximum atomic E-state index is 12.2. The van der Waals surface area contributed by atoms with E-state index in [1.54, 1.807) is 28.8 Å². The minimum Gasteiger partial charge on any atom is -0.465 e. The summed E-state index contributed by atoms with van der Waals surface area (Å²) in [7, 11) is -0.335. The van der Waals surface area contributed by atoms with Gasteiger partial charge in [0.15, 0.2) is 16.4 Å². The van der Waals surface area contributed by atoms with Crippen molar-refractivity contribution in [2.75, 3.05) is 32.3 Å². The SMILES string of the molecule is COC(=O)c1cn(CC(=O)OCC(=O)N(C)C2CCS(=O)(=O)C2)c2ccccc12. The number of sulfone groups is 1. The molecule has 1 aromatic carbocycles. The number of para-hydroxylation sites is 1. The smallest absolute Gasteiger partial charge is 0.340 e. The van der Waals surface area contributed by atoms with E-state index in [4.69, 9.17) is 9.47 Å². The molecule has 10 heteroatoms. The van der Waals surface area contributed by atoms with Crippen LogP contribution in [0.1, 0.15) is 16.8 Å². The average Bonchev–Trinajstić information content (AvgIpc) is 3.25. The second-order valence-electron chi connectivity index (χ2n) is 6.90. The number of carbonyl (C=O) groups excluding carboxylic acids is 3. The zero-order valence-corrected chi connectivity index (χ0v) is 17.0. The number of amides is 1. The maximum absolute atomic E-state index is 12.2. The molecule has 1 saturated heterocycles. The van der Waals surface area contributed by atoms with Gasteiger partial charge in [0.25, 0.3) is 5.91 Å². The van der Waals surface area contributed by atoms with Gasteiger partial charge in [-0.05, 0) is 12.5 Å². The fourth-order valence-electron chi connectivity index (χ4n) is 3.36. The fraction of sp³-hybridized carbons (Fsp3) is 0.421. The summed E-state index contributed by atoms with van der Waals surface area (Å²) in [4.78, 5) is 37.7. The molecular weight excluding hydrogens is 400 g/mol. The summed E-state index contributed by atoms with van der Waals surface area (Å²) in [5, 5.41) is 0.644. The van der Waals surface area contributed by atoms with Crippen molar-refractivity contribution in [3.8, 4) is 0 Å². The first kappa shape index (κ1) is 20.8. The number of methoxy groups -OCH3 is 1. The molecule has 1 fully saturated rings. The first-order chi connectivity index (χ1) is 13.7. The van der Waals surface area contributed by atoms with E-state index >= 15 is 0 Å². The number of benzene rings is 1. The van der Waals surface area contributed by atoms with Crippen LogP contribution in [0.25, 0.3) is 10.9 Å². The lowest BCUT2D eigenvalue weighted by molar-refractivity contribution is -0.152. The number of hydrogen-bond donors (Lipinski definition) is 0. The molecule has 0 saturated carbocycles. The van der Waals surface area contributed by atoms with Crippen molar-refractivity contribution in [2.24, 2.45) is 0 Å². The zero-order valence-electron chi connectivity index (χ0n) is 16.2. The quantitative estimate of drug-likeness (QED) is 0.627. The van der Waals surface area contributed by atoms with Crippen molar-refractivity contribution < 1.29 is 32.3 Å². The zero-order chi connectivity index (χ0) is 21.2. The normalized spacial score (nSPS) is 17.8. The van der Waals surface area contributed by atoms with Gasteiger partial charge in [-0.2, -0.15) is 0 Å². The minimum atomic E-state index is -3.12. The van der Waals surface area contributed by atoms with Gasteiger partial charge in [0, 0.05) is 30.2 Å². The maximum Gasteiger partial charge on any atom is 0.340 e. The Hall–Kier alpha value is -2.88. The van der Waals surface area contributed by atoms with Gasteiger partial charge in [-0.1, -0.05) is 18.2 Å². The Morgan fingerprint density at radius 1 is 1.24 bits per heavy atom. The number of esters is 2. The van der Waals surface area contributed by atoms with E-state index in [0.717, 1.165) is 0 Å². The Labute approximate surface area is 168 Å². The third-order valence-corrected chi connectivity index (χ3v) is 6.75. The van der Waals surface area contributed by atoms with E-state index in [0.29, 0.717) is 22.9 Å². The van der Waals surface area contributed by atoms with Crippen molar-refractivity contribution in [2.45, 2.75) is 19.0 Å². The van der Waals surface area contributed by atoms with Crippen LogP contribution in [0.5, 0.6) is 0 Å². The van der Waals surface area contributed by atoms with Gasteiger partial charge in [-0.25, -0.2) is 13.2 Å². The van der Waals surface area contributed by atoms with Crippen molar-refractivity contribution in [1.29, 1.82) is 0 Å². The molecule has 9 nitrogen and oxygen atoms in total. The summed E-state index contributed by atoms with van der Waals surface area (Å²) in [6.45, 7) is -0.665. The predicted molar refractivity (Wildman–Crippen MR) is 104 cm³/mol. The Morgan fingerprint density at radius 2 is 1.97 bits per heavy atom. The molecule has 1 aliphatic rings. The van der Waals surface area contributed by atoms with E-state index in [1.165, 1.54) is 25.3 Å². The molecule has 0 spiro atoms. The summed E-state index contributed by atoms with van der Waals surface area (Å²) >= 11 is 0. The van der Waals surface area contributed by atoms with Crippen molar-refractivity contribution in [3.05, 3.63) is 36.0 Å². The topological polar surface area (TPSA) is 112 Å². The molecule has 0 radical (unpaired) electrons. The number of nitrogens with zero attached hydrogens (tertiary/aromatic N) is 2. The minimum absolute atomic E-state index is 0.0539. The van der Waals surface area contributed by atoms with E-state index in [2.05, 4.69) is 0 Å². The summed E-state index contributed by atoms with van der Waals surface area (Å²) in [6, 6.07) is 6.66. The van der Waals surface area contributed by atoms with Crippen LogP contribution >= 0.6 is 0 Å².